The molecule has 0 radical (unpaired) electrons. The molecule has 1 aromatic rings. The highest BCUT2D eigenvalue weighted by Gasteiger charge is 2.21. The van der Waals surface area contributed by atoms with Gasteiger partial charge in [0.15, 0.2) is 0 Å². The van der Waals surface area contributed by atoms with E-state index in [0.717, 1.165) is 19.1 Å². The van der Waals surface area contributed by atoms with E-state index in [1.54, 1.807) is 18.2 Å². The highest BCUT2D eigenvalue weighted by Crippen LogP contribution is 2.28. The lowest BCUT2D eigenvalue weighted by molar-refractivity contribution is 0.0783. The second-order valence-electron chi connectivity index (χ2n) is 5.32. The smallest absolute Gasteiger partial charge is 0.129 e. The van der Waals surface area contributed by atoms with Gasteiger partial charge >= 0.3 is 0 Å². The molecule has 1 aromatic carbocycles. The Morgan fingerprint density at radius 1 is 1.42 bits per heavy atom. The lowest BCUT2D eigenvalue weighted by atomic mass is 10.1. The molecule has 0 aromatic heterocycles. The number of nitrogens with zero attached hydrogens (tertiary/aromatic N) is 1. The fraction of sp³-hybridized carbons (Fsp3) is 0.600. The van der Waals surface area contributed by atoms with Gasteiger partial charge in [0.2, 0.25) is 0 Å². The lowest BCUT2D eigenvalue weighted by Gasteiger charge is -2.21. The number of likely N-dealkylation sites (N-methyl/N-ethyl adjacent to an activating group) is 1. The van der Waals surface area contributed by atoms with Crippen LogP contribution in [0.5, 0.6) is 0 Å². The van der Waals surface area contributed by atoms with Crippen LogP contribution in [0.4, 0.5) is 4.39 Å². The Labute approximate surface area is 114 Å². The molecule has 1 fully saturated rings. The molecule has 2 rings (SSSR count). The van der Waals surface area contributed by atoms with E-state index in [1.165, 1.54) is 18.9 Å². The van der Waals surface area contributed by atoms with Gasteiger partial charge < -0.3 is 14.7 Å². The van der Waals surface area contributed by atoms with Gasteiger partial charge in [-0.2, -0.15) is 0 Å². The number of hydrogen-bond donors (Lipinski definition) is 1. The molecule has 0 bridgehead atoms. The minimum Gasteiger partial charge on any atom is -0.387 e. The Hall–Kier alpha value is -0.970. The zero-order chi connectivity index (χ0) is 13.7. The predicted molar refractivity (Wildman–Crippen MR) is 72.4 cm³/mol. The summed E-state index contributed by atoms with van der Waals surface area (Å²) < 4.78 is 19.0. The molecule has 1 aliphatic carbocycles. The number of aliphatic hydroxyl groups is 1. The number of benzene rings is 1. The molecule has 0 spiro atoms. The van der Waals surface area contributed by atoms with Gasteiger partial charge in [-0.05, 0) is 31.9 Å². The number of aliphatic hydroxyl groups excluding tert-OH is 1. The molecule has 3 nitrogen and oxygen atoms in total. The SMILES string of the molecule is CN(CCOCC1CC1)CC(O)c1ccccc1F. The molecule has 1 saturated carbocycles. The summed E-state index contributed by atoms with van der Waals surface area (Å²) in [5.41, 5.74) is 0.355. The minimum absolute atomic E-state index is 0.353. The third-order valence-corrected chi connectivity index (χ3v) is 3.42. The first-order valence-electron chi connectivity index (χ1n) is 6.85. The van der Waals surface area contributed by atoms with E-state index in [-0.39, 0.29) is 5.82 Å². The summed E-state index contributed by atoms with van der Waals surface area (Å²) in [6, 6.07) is 6.36. The van der Waals surface area contributed by atoms with E-state index in [2.05, 4.69) is 0 Å². The highest BCUT2D eigenvalue weighted by atomic mass is 19.1. The van der Waals surface area contributed by atoms with Crippen molar-refractivity contribution in [3.63, 3.8) is 0 Å². The van der Waals surface area contributed by atoms with Crippen LogP contribution in [0.15, 0.2) is 24.3 Å². The molecular formula is C15H22FNO2. The van der Waals surface area contributed by atoms with Crippen LogP contribution in [0.3, 0.4) is 0 Å². The van der Waals surface area contributed by atoms with Gasteiger partial charge in [0.25, 0.3) is 0 Å². The van der Waals surface area contributed by atoms with Crippen molar-refractivity contribution >= 4 is 0 Å². The molecule has 1 unspecified atom stereocenters. The maximum atomic E-state index is 13.5. The molecule has 0 saturated heterocycles. The van der Waals surface area contributed by atoms with Crippen molar-refractivity contribution in [1.29, 1.82) is 0 Å². The monoisotopic (exact) mass is 267 g/mol. The zero-order valence-corrected chi connectivity index (χ0v) is 11.4. The number of rotatable bonds is 8. The van der Waals surface area contributed by atoms with Gasteiger partial charge in [-0.3, -0.25) is 0 Å². The van der Waals surface area contributed by atoms with Crippen LogP contribution in [0, 0.1) is 11.7 Å². The van der Waals surface area contributed by atoms with Crippen molar-refractivity contribution in [2.45, 2.75) is 18.9 Å². The highest BCUT2D eigenvalue weighted by molar-refractivity contribution is 5.19. The molecule has 106 valence electrons. The molecule has 0 aliphatic heterocycles. The molecule has 0 heterocycles. The van der Waals surface area contributed by atoms with E-state index in [0.29, 0.717) is 18.7 Å². The number of ether oxygens (including phenoxy) is 1. The maximum Gasteiger partial charge on any atom is 0.129 e. The van der Waals surface area contributed by atoms with Crippen LogP contribution in [0.2, 0.25) is 0 Å². The van der Waals surface area contributed by atoms with Crippen LogP contribution < -0.4 is 0 Å². The molecule has 4 heteroatoms. The summed E-state index contributed by atoms with van der Waals surface area (Å²) in [5, 5.41) is 10.0. The van der Waals surface area contributed by atoms with E-state index >= 15 is 0 Å². The average Bonchev–Trinajstić information content (AvgIpc) is 3.19. The van der Waals surface area contributed by atoms with Gasteiger partial charge in [-0.25, -0.2) is 4.39 Å². The van der Waals surface area contributed by atoms with Crippen molar-refractivity contribution in [3.05, 3.63) is 35.6 Å². The van der Waals surface area contributed by atoms with Gasteiger partial charge in [0.1, 0.15) is 5.82 Å². The Morgan fingerprint density at radius 2 is 2.16 bits per heavy atom. The Bertz CT molecular complexity index is 395. The van der Waals surface area contributed by atoms with E-state index in [1.807, 2.05) is 11.9 Å². The summed E-state index contributed by atoms with van der Waals surface area (Å²) in [7, 11) is 1.91. The van der Waals surface area contributed by atoms with Gasteiger partial charge in [-0.1, -0.05) is 18.2 Å². The van der Waals surface area contributed by atoms with E-state index < -0.39 is 6.10 Å². The first-order chi connectivity index (χ1) is 9.16. The largest absolute Gasteiger partial charge is 0.387 e. The van der Waals surface area contributed by atoms with Crippen LogP contribution >= 0.6 is 0 Å². The zero-order valence-electron chi connectivity index (χ0n) is 11.4. The van der Waals surface area contributed by atoms with E-state index in [4.69, 9.17) is 4.74 Å². The second-order valence-corrected chi connectivity index (χ2v) is 5.32. The van der Waals surface area contributed by atoms with Crippen molar-refractivity contribution in [1.82, 2.24) is 4.90 Å². The molecule has 1 aliphatic rings. The topological polar surface area (TPSA) is 32.7 Å². The Kier molecular flexibility index (Phi) is 5.31. The number of hydrogen-bond acceptors (Lipinski definition) is 3. The minimum atomic E-state index is -0.797. The van der Waals surface area contributed by atoms with Crippen molar-refractivity contribution in [2.75, 3.05) is 33.4 Å². The van der Waals surface area contributed by atoms with Crippen LogP contribution in [0.25, 0.3) is 0 Å². The van der Waals surface area contributed by atoms with Gasteiger partial charge in [0, 0.05) is 25.3 Å². The summed E-state index contributed by atoms with van der Waals surface area (Å²) in [6.07, 6.45) is 1.79. The first kappa shape index (κ1) is 14.4. The molecule has 0 amide bonds. The molecular weight excluding hydrogens is 245 g/mol. The van der Waals surface area contributed by atoms with Gasteiger partial charge in [0.05, 0.1) is 12.7 Å². The fourth-order valence-corrected chi connectivity index (χ4v) is 1.99. The van der Waals surface area contributed by atoms with Gasteiger partial charge in [-0.15, -0.1) is 0 Å². The Balaban J connectivity index is 1.68. The molecule has 1 atom stereocenters. The van der Waals surface area contributed by atoms with Crippen molar-refractivity contribution in [3.8, 4) is 0 Å². The summed E-state index contributed by atoms with van der Waals surface area (Å²) >= 11 is 0. The molecule has 19 heavy (non-hydrogen) atoms. The summed E-state index contributed by atoms with van der Waals surface area (Å²) in [5.74, 6) is 0.419. The first-order valence-corrected chi connectivity index (χ1v) is 6.85. The standard InChI is InChI=1S/C15H22FNO2/c1-17(8-9-19-11-12-6-7-12)10-15(18)13-4-2-3-5-14(13)16/h2-5,12,15,18H,6-11H2,1H3. The normalized spacial score (nSPS) is 16.8. The maximum absolute atomic E-state index is 13.5. The summed E-state index contributed by atoms with van der Waals surface area (Å²) in [4.78, 5) is 1.96. The molecule has 1 N–H and O–H groups in total. The summed E-state index contributed by atoms with van der Waals surface area (Å²) in [6.45, 7) is 2.67. The van der Waals surface area contributed by atoms with Crippen molar-refractivity contribution in [2.24, 2.45) is 5.92 Å². The van der Waals surface area contributed by atoms with Crippen LogP contribution in [-0.4, -0.2) is 43.4 Å². The second kappa shape index (κ2) is 6.98. The van der Waals surface area contributed by atoms with Crippen LogP contribution in [-0.2, 0) is 4.74 Å². The average molecular weight is 267 g/mol. The predicted octanol–water partition coefficient (Wildman–Crippen LogP) is 2.22. The van der Waals surface area contributed by atoms with Crippen molar-refractivity contribution < 1.29 is 14.2 Å². The number of halogens is 1. The van der Waals surface area contributed by atoms with Crippen LogP contribution in [0.1, 0.15) is 24.5 Å². The Morgan fingerprint density at radius 3 is 2.84 bits per heavy atom. The third-order valence-electron chi connectivity index (χ3n) is 3.42. The fourth-order valence-electron chi connectivity index (χ4n) is 1.99. The third kappa shape index (κ3) is 4.90. The lowest BCUT2D eigenvalue weighted by Crippen LogP contribution is -2.28. The van der Waals surface area contributed by atoms with E-state index in [9.17, 15) is 9.50 Å². The quantitative estimate of drug-likeness (QED) is 0.733.